The van der Waals surface area contributed by atoms with E-state index >= 15 is 0 Å². The molecule has 0 radical (unpaired) electrons. The molecule has 0 unspecified atom stereocenters. The average molecular weight is 493 g/mol. The summed E-state index contributed by atoms with van der Waals surface area (Å²) in [5, 5.41) is 2.78. The van der Waals surface area contributed by atoms with Gasteiger partial charge in [0.2, 0.25) is 0 Å². The second-order valence-corrected chi connectivity index (χ2v) is 10.1. The molecule has 2 saturated heterocycles. The first kappa shape index (κ1) is 21.7. The number of piperazine rings is 1. The maximum absolute atomic E-state index is 13.3. The topological polar surface area (TPSA) is 68.4 Å². The van der Waals surface area contributed by atoms with Crippen LogP contribution in [0.15, 0.2) is 53.4 Å². The maximum atomic E-state index is 13.3. The number of amides is 1. The summed E-state index contributed by atoms with van der Waals surface area (Å²) in [6, 6.07) is 13.7. The van der Waals surface area contributed by atoms with Crippen molar-refractivity contribution < 1.29 is 4.79 Å². The Bertz CT molecular complexity index is 1310. The van der Waals surface area contributed by atoms with Crippen LogP contribution >= 0.6 is 22.9 Å². The molecular formula is C25H25ClN6OS. The minimum Gasteiger partial charge on any atom is -0.338 e. The number of aromatic amines is 1. The highest BCUT2D eigenvalue weighted by Crippen LogP contribution is 2.27. The average Bonchev–Trinajstić information content (AvgIpc) is 3.49. The summed E-state index contributed by atoms with van der Waals surface area (Å²) >= 11 is 7.80. The normalized spacial score (nSPS) is 17.9. The summed E-state index contributed by atoms with van der Waals surface area (Å²) in [6.07, 6.45) is 0. The monoisotopic (exact) mass is 492 g/mol. The summed E-state index contributed by atoms with van der Waals surface area (Å²) in [5.74, 6) is 0.767. The molecule has 2 fully saturated rings. The van der Waals surface area contributed by atoms with Crippen molar-refractivity contribution in [3.05, 3.63) is 69.6 Å². The largest absolute Gasteiger partial charge is 0.338 e. The number of H-pyrrole nitrogens is 1. The number of para-hydroxylation sites is 1. The fourth-order valence-electron chi connectivity index (χ4n) is 4.83. The van der Waals surface area contributed by atoms with Crippen molar-refractivity contribution in [2.75, 3.05) is 39.3 Å². The van der Waals surface area contributed by atoms with Crippen LogP contribution in [0.4, 0.5) is 0 Å². The first-order valence-electron chi connectivity index (χ1n) is 11.5. The molecule has 174 valence electrons. The number of halogens is 1. The molecule has 1 N–H and O–H groups in total. The molecule has 7 nitrogen and oxygen atoms in total. The number of aromatic nitrogens is 3. The highest BCUT2D eigenvalue weighted by Gasteiger charge is 2.37. The molecule has 0 spiro atoms. The van der Waals surface area contributed by atoms with Gasteiger partial charge in [-0.15, -0.1) is 11.3 Å². The van der Waals surface area contributed by atoms with Gasteiger partial charge < -0.3 is 9.88 Å². The molecule has 0 bridgehead atoms. The van der Waals surface area contributed by atoms with Crippen LogP contribution < -0.4 is 0 Å². The third-order valence-electron chi connectivity index (χ3n) is 6.78. The van der Waals surface area contributed by atoms with E-state index in [4.69, 9.17) is 16.6 Å². The number of hydrogen-bond donors (Lipinski definition) is 1. The summed E-state index contributed by atoms with van der Waals surface area (Å²) < 4.78 is 0. The summed E-state index contributed by atoms with van der Waals surface area (Å²) in [5.41, 5.74) is 6.17. The van der Waals surface area contributed by atoms with Gasteiger partial charge in [-0.05, 0) is 24.3 Å². The number of hydrogen-bond acceptors (Lipinski definition) is 6. The van der Waals surface area contributed by atoms with Gasteiger partial charge in [-0.2, -0.15) is 0 Å². The Balaban J connectivity index is 1.10. The fourth-order valence-corrected chi connectivity index (χ4v) is 5.57. The van der Waals surface area contributed by atoms with Gasteiger partial charge in [0.15, 0.2) is 0 Å². The van der Waals surface area contributed by atoms with Crippen LogP contribution in [0.5, 0.6) is 0 Å². The molecule has 0 atom stereocenters. The second kappa shape index (κ2) is 9.11. The SMILES string of the molecule is O=C(c1cccc2[nH]c(-c3cccc(Cl)c3)nc12)N1CC(N2CCN(Cc3cscn3)CC2)C1. The Morgan fingerprint density at radius 2 is 1.94 bits per heavy atom. The molecule has 2 aliphatic heterocycles. The van der Waals surface area contributed by atoms with Crippen LogP contribution in [0.2, 0.25) is 5.02 Å². The predicted molar refractivity (Wildman–Crippen MR) is 135 cm³/mol. The molecule has 2 aromatic carbocycles. The smallest absolute Gasteiger partial charge is 0.256 e. The van der Waals surface area contributed by atoms with Gasteiger partial charge in [0, 0.05) is 67.8 Å². The van der Waals surface area contributed by atoms with E-state index in [0.717, 1.165) is 68.4 Å². The molecule has 4 heterocycles. The van der Waals surface area contributed by atoms with Crippen molar-refractivity contribution in [3.63, 3.8) is 0 Å². The van der Waals surface area contributed by atoms with Gasteiger partial charge in [0.25, 0.3) is 5.91 Å². The van der Waals surface area contributed by atoms with Crippen LogP contribution in [-0.2, 0) is 6.54 Å². The van der Waals surface area contributed by atoms with E-state index in [1.807, 2.05) is 52.9 Å². The number of thiazole rings is 1. The third kappa shape index (κ3) is 4.22. The van der Waals surface area contributed by atoms with Crippen molar-refractivity contribution in [2.24, 2.45) is 0 Å². The number of fused-ring (bicyclic) bond motifs is 1. The lowest BCUT2D eigenvalue weighted by Crippen LogP contribution is -2.64. The molecule has 1 amide bonds. The second-order valence-electron chi connectivity index (χ2n) is 8.95. The number of carbonyl (C=O) groups excluding carboxylic acids is 1. The highest BCUT2D eigenvalue weighted by molar-refractivity contribution is 7.07. The van der Waals surface area contributed by atoms with Crippen molar-refractivity contribution in [1.82, 2.24) is 29.7 Å². The van der Waals surface area contributed by atoms with Crippen molar-refractivity contribution in [2.45, 2.75) is 12.6 Å². The Labute approximate surface area is 207 Å². The van der Waals surface area contributed by atoms with Gasteiger partial charge in [-0.25, -0.2) is 9.97 Å². The molecule has 0 saturated carbocycles. The van der Waals surface area contributed by atoms with Crippen LogP contribution in [0.25, 0.3) is 22.4 Å². The lowest BCUT2D eigenvalue weighted by atomic mass is 10.0. The zero-order valence-corrected chi connectivity index (χ0v) is 20.2. The number of benzene rings is 2. The van der Waals surface area contributed by atoms with E-state index in [2.05, 4.69) is 25.1 Å². The number of rotatable bonds is 5. The zero-order chi connectivity index (χ0) is 23.1. The van der Waals surface area contributed by atoms with Gasteiger partial charge in [-0.1, -0.05) is 29.8 Å². The van der Waals surface area contributed by atoms with Crippen molar-refractivity contribution in [3.8, 4) is 11.4 Å². The van der Waals surface area contributed by atoms with Gasteiger partial charge >= 0.3 is 0 Å². The van der Waals surface area contributed by atoms with E-state index in [1.165, 1.54) is 0 Å². The molecule has 9 heteroatoms. The number of likely N-dealkylation sites (tertiary alicyclic amines) is 1. The quantitative estimate of drug-likeness (QED) is 0.456. The summed E-state index contributed by atoms with van der Waals surface area (Å²) in [7, 11) is 0. The van der Waals surface area contributed by atoms with Crippen LogP contribution in [-0.4, -0.2) is 80.9 Å². The van der Waals surface area contributed by atoms with Crippen molar-refractivity contribution >= 4 is 39.9 Å². The fraction of sp³-hybridized carbons (Fsp3) is 0.320. The van der Waals surface area contributed by atoms with Crippen LogP contribution in [0.1, 0.15) is 16.1 Å². The summed E-state index contributed by atoms with van der Waals surface area (Å²) in [4.78, 5) is 32.7. The minimum atomic E-state index is 0.0492. The third-order valence-corrected chi connectivity index (χ3v) is 7.65. The minimum absolute atomic E-state index is 0.0492. The standard InChI is InChI=1S/C25H25ClN6OS/c26-18-4-1-3-17(11-18)24-28-22-6-2-5-21(23(22)29-24)25(33)32-13-20(14-32)31-9-7-30(8-10-31)12-19-15-34-16-27-19/h1-6,11,15-16,20H,7-10,12-14H2,(H,28,29). The highest BCUT2D eigenvalue weighted by atomic mass is 35.5. The summed E-state index contributed by atoms with van der Waals surface area (Å²) in [6.45, 7) is 6.63. The first-order valence-corrected chi connectivity index (χ1v) is 12.8. The van der Waals surface area contributed by atoms with E-state index in [9.17, 15) is 4.79 Å². The first-order chi connectivity index (χ1) is 16.6. The van der Waals surface area contributed by atoms with Crippen LogP contribution in [0.3, 0.4) is 0 Å². The molecular weight excluding hydrogens is 468 g/mol. The van der Waals surface area contributed by atoms with E-state index < -0.39 is 0 Å². The number of nitrogens with zero attached hydrogens (tertiary/aromatic N) is 5. The molecule has 4 aromatic rings. The predicted octanol–water partition coefficient (Wildman–Crippen LogP) is 3.98. The van der Waals surface area contributed by atoms with Gasteiger partial charge in [0.05, 0.1) is 22.3 Å². The number of carbonyl (C=O) groups is 1. The molecule has 34 heavy (non-hydrogen) atoms. The van der Waals surface area contributed by atoms with Crippen molar-refractivity contribution in [1.29, 1.82) is 0 Å². The molecule has 6 rings (SSSR count). The Morgan fingerprint density at radius 1 is 1.12 bits per heavy atom. The van der Waals surface area contributed by atoms with E-state index in [0.29, 0.717) is 22.1 Å². The zero-order valence-electron chi connectivity index (χ0n) is 18.7. The Kier molecular flexibility index (Phi) is 5.82. The van der Waals surface area contributed by atoms with Crippen LogP contribution in [0, 0.1) is 0 Å². The number of nitrogens with one attached hydrogen (secondary N) is 1. The Hall–Kier alpha value is -2.78. The molecule has 2 aliphatic rings. The number of imidazole rings is 1. The molecule has 2 aromatic heterocycles. The van der Waals surface area contributed by atoms with E-state index in [-0.39, 0.29) is 5.91 Å². The Morgan fingerprint density at radius 3 is 2.71 bits per heavy atom. The lowest BCUT2D eigenvalue weighted by molar-refractivity contribution is 0.00644. The van der Waals surface area contributed by atoms with Gasteiger partial charge in [-0.3, -0.25) is 14.6 Å². The van der Waals surface area contributed by atoms with Gasteiger partial charge in [0.1, 0.15) is 11.3 Å². The van der Waals surface area contributed by atoms with E-state index in [1.54, 1.807) is 11.3 Å². The lowest BCUT2D eigenvalue weighted by Gasteiger charge is -2.48. The maximum Gasteiger partial charge on any atom is 0.256 e. The molecule has 0 aliphatic carbocycles.